The molecule has 2 N–H and O–H groups in total. The van der Waals surface area contributed by atoms with Crippen LogP contribution in [0.5, 0.6) is 0 Å². The van der Waals surface area contributed by atoms with Gasteiger partial charge < -0.3 is 19.7 Å². The van der Waals surface area contributed by atoms with Crippen LogP contribution in [-0.2, 0) is 6.54 Å². The minimum atomic E-state index is -1.10. The van der Waals surface area contributed by atoms with Gasteiger partial charge in [0.25, 0.3) is 0 Å². The highest BCUT2D eigenvalue weighted by Crippen LogP contribution is 2.34. The monoisotopic (exact) mass is 278 g/mol. The van der Waals surface area contributed by atoms with Crippen molar-refractivity contribution in [1.82, 2.24) is 10.2 Å². The van der Waals surface area contributed by atoms with Crippen LogP contribution in [0.25, 0.3) is 0 Å². The van der Waals surface area contributed by atoms with Gasteiger partial charge in [0.15, 0.2) is 0 Å². The number of furan rings is 1. The van der Waals surface area contributed by atoms with Gasteiger partial charge in [0.05, 0.1) is 6.54 Å². The fraction of sp³-hybridized carbons (Fsp3) is 0.571. The molecule has 0 aromatic carbocycles. The van der Waals surface area contributed by atoms with Crippen molar-refractivity contribution in [1.29, 1.82) is 0 Å². The maximum Gasteiger partial charge on any atom is 0.371 e. The molecule has 2 amide bonds. The molecule has 0 aliphatic heterocycles. The van der Waals surface area contributed by atoms with Crippen molar-refractivity contribution >= 4 is 12.0 Å². The predicted octanol–water partition coefficient (Wildman–Crippen LogP) is 2.06. The number of carbonyl (C=O) groups is 2. The molecule has 2 fully saturated rings. The molecule has 6 heteroatoms. The van der Waals surface area contributed by atoms with Crippen molar-refractivity contribution in [2.75, 3.05) is 6.54 Å². The van der Waals surface area contributed by atoms with Crippen molar-refractivity contribution in [3.05, 3.63) is 23.7 Å². The Bertz CT molecular complexity index is 517. The molecule has 20 heavy (non-hydrogen) atoms. The highest BCUT2D eigenvalue weighted by Gasteiger charge is 2.36. The van der Waals surface area contributed by atoms with Crippen molar-refractivity contribution in [2.45, 2.75) is 38.3 Å². The lowest BCUT2D eigenvalue weighted by Gasteiger charge is -2.22. The second-order valence-electron chi connectivity index (χ2n) is 5.56. The van der Waals surface area contributed by atoms with Crippen molar-refractivity contribution in [2.24, 2.45) is 5.92 Å². The summed E-state index contributed by atoms with van der Waals surface area (Å²) < 4.78 is 5.11. The molecule has 0 bridgehead atoms. The van der Waals surface area contributed by atoms with Crippen molar-refractivity contribution in [3.63, 3.8) is 0 Å². The molecule has 0 unspecified atom stereocenters. The second kappa shape index (κ2) is 5.19. The van der Waals surface area contributed by atoms with Gasteiger partial charge in [-0.05, 0) is 43.7 Å². The minimum absolute atomic E-state index is 0.0762. The molecule has 0 radical (unpaired) electrons. The van der Waals surface area contributed by atoms with E-state index in [-0.39, 0.29) is 18.3 Å². The van der Waals surface area contributed by atoms with E-state index >= 15 is 0 Å². The van der Waals surface area contributed by atoms with E-state index in [1.165, 1.54) is 18.9 Å². The Labute approximate surface area is 116 Å². The van der Waals surface area contributed by atoms with Gasteiger partial charge in [0.2, 0.25) is 5.76 Å². The van der Waals surface area contributed by atoms with E-state index in [0.29, 0.717) is 17.7 Å². The molecule has 1 aromatic rings. The zero-order valence-corrected chi connectivity index (χ0v) is 11.2. The molecule has 108 valence electrons. The molecular weight excluding hydrogens is 260 g/mol. The summed E-state index contributed by atoms with van der Waals surface area (Å²) in [7, 11) is 0. The first-order valence-electron chi connectivity index (χ1n) is 7.00. The van der Waals surface area contributed by atoms with E-state index in [9.17, 15) is 9.59 Å². The maximum atomic E-state index is 12.2. The number of hydrogen-bond donors (Lipinski definition) is 2. The summed E-state index contributed by atoms with van der Waals surface area (Å²) in [6.07, 6.45) is 4.61. The highest BCUT2D eigenvalue weighted by molar-refractivity contribution is 5.84. The lowest BCUT2D eigenvalue weighted by atomic mass is 10.3. The number of nitrogens with one attached hydrogen (secondary N) is 1. The van der Waals surface area contributed by atoms with Crippen LogP contribution < -0.4 is 5.32 Å². The first kappa shape index (κ1) is 13.0. The summed E-state index contributed by atoms with van der Waals surface area (Å²) in [6, 6.07) is 3.29. The third-order valence-corrected chi connectivity index (χ3v) is 3.69. The Morgan fingerprint density at radius 3 is 2.60 bits per heavy atom. The van der Waals surface area contributed by atoms with Crippen LogP contribution in [0.1, 0.15) is 42.0 Å². The van der Waals surface area contributed by atoms with Crippen LogP contribution in [0.2, 0.25) is 0 Å². The third kappa shape index (κ3) is 3.12. The average Bonchev–Trinajstić information content (AvgIpc) is 3.32. The third-order valence-electron chi connectivity index (χ3n) is 3.69. The number of rotatable bonds is 6. The first-order chi connectivity index (χ1) is 9.63. The Hall–Kier alpha value is -1.98. The molecule has 6 nitrogen and oxygen atoms in total. The quantitative estimate of drug-likeness (QED) is 0.834. The lowest BCUT2D eigenvalue weighted by Crippen LogP contribution is -2.42. The number of carboxylic acids is 1. The van der Waals surface area contributed by atoms with Gasteiger partial charge in [-0.3, -0.25) is 0 Å². The average molecular weight is 278 g/mol. The van der Waals surface area contributed by atoms with Gasteiger partial charge in [0, 0.05) is 12.6 Å². The molecule has 2 aliphatic rings. The van der Waals surface area contributed by atoms with Gasteiger partial charge in [-0.25, -0.2) is 9.59 Å². The molecular formula is C14H18N2O4. The topological polar surface area (TPSA) is 82.8 Å². The van der Waals surface area contributed by atoms with E-state index < -0.39 is 5.97 Å². The summed E-state index contributed by atoms with van der Waals surface area (Å²) in [5.74, 6) is -0.0799. The fourth-order valence-corrected chi connectivity index (χ4v) is 2.21. The number of nitrogens with zero attached hydrogens (tertiary/aromatic N) is 1. The van der Waals surface area contributed by atoms with Gasteiger partial charge in [0.1, 0.15) is 5.76 Å². The molecule has 3 rings (SSSR count). The summed E-state index contributed by atoms with van der Waals surface area (Å²) >= 11 is 0. The maximum absolute atomic E-state index is 12.2. The number of amides is 2. The molecule has 1 aromatic heterocycles. The summed E-state index contributed by atoms with van der Waals surface area (Å²) in [4.78, 5) is 24.8. The number of aromatic carboxylic acids is 1. The largest absolute Gasteiger partial charge is 0.475 e. The fourth-order valence-electron chi connectivity index (χ4n) is 2.21. The Balaban J connectivity index is 1.52. The first-order valence-corrected chi connectivity index (χ1v) is 7.00. The number of carboxylic acid groups (broad SMARTS) is 1. The summed E-state index contributed by atoms with van der Waals surface area (Å²) in [5, 5.41) is 11.6. The standard InChI is InChI=1S/C14H18N2O4/c17-13(18)12-6-5-11(20-12)7-15-14(19)16(10-3-4-10)8-9-1-2-9/h5-6,9-10H,1-4,7-8H2,(H,15,19)(H,17,18). The number of carbonyl (C=O) groups excluding carboxylic acids is 1. The molecule has 0 spiro atoms. The Morgan fingerprint density at radius 2 is 2.05 bits per heavy atom. The highest BCUT2D eigenvalue weighted by atomic mass is 16.4. The van der Waals surface area contributed by atoms with Crippen LogP contribution >= 0.6 is 0 Å². The van der Waals surface area contributed by atoms with E-state index in [1.54, 1.807) is 6.07 Å². The van der Waals surface area contributed by atoms with Crippen LogP contribution in [-0.4, -0.2) is 34.6 Å². The molecule has 0 saturated heterocycles. The van der Waals surface area contributed by atoms with Crippen LogP contribution in [0, 0.1) is 5.92 Å². The SMILES string of the molecule is O=C(O)c1ccc(CNC(=O)N(CC2CC2)C2CC2)o1. The normalized spacial score (nSPS) is 17.8. The van der Waals surface area contributed by atoms with E-state index in [1.807, 2.05) is 4.90 Å². The van der Waals surface area contributed by atoms with Gasteiger partial charge in [-0.15, -0.1) is 0 Å². The van der Waals surface area contributed by atoms with Gasteiger partial charge in [-0.2, -0.15) is 0 Å². The van der Waals surface area contributed by atoms with Crippen molar-refractivity contribution in [3.8, 4) is 0 Å². The van der Waals surface area contributed by atoms with Crippen LogP contribution in [0.4, 0.5) is 4.79 Å². The predicted molar refractivity (Wildman–Crippen MR) is 70.4 cm³/mol. The molecule has 0 atom stereocenters. The van der Waals surface area contributed by atoms with Crippen molar-refractivity contribution < 1.29 is 19.1 Å². The summed E-state index contributed by atoms with van der Waals surface area (Å²) in [5.41, 5.74) is 0. The molecule has 2 aliphatic carbocycles. The Kier molecular flexibility index (Phi) is 3.38. The van der Waals surface area contributed by atoms with E-state index in [4.69, 9.17) is 9.52 Å². The lowest BCUT2D eigenvalue weighted by molar-refractivity contribution is 0.0660. The second-order valence-corrected chi connectivity index (χ2v) is 5.56. The Morgan fingerprint density at radius 1 is 1.30 bits per heavy atom. The van der Waals surface area contributed by atoms with Gasteiger partial charge in [-0.1, -0.05) is 0 Å². The van der Waals surface area contributed by atoms with E-state index in [0.717, 1.165) is 19.4 Å². The number of hydrogen-bond acceptors (Lipinski definition) is 3. The zero-order valence-electron chi connectivity index (χ0n) is 11.2. The van der Waals surface area contributed by atoms with Crippen LogP contribution in [0.15, 0.2) is 16.5 Å². The zero-order chi connectivity index (χ0) is 14.1. The summed E-state index contributed by atoms with van der Waals surface area (Å²) in [6.45, 7) is 1.06. The number of urea groups is 1. The minimum Gasteiger partial charge on any atom is -0.475 e. The van der Waals surface area contributed by atoms with Crippen LogP contribution in [0.3, 0.4) is 0 Å². The van der Waals surface area contributed by atoms with E-state index in [2.05, 4.69) is 5.32 Å². The van der Waals surface area contributed by atoms with Gasteiger partial charge >= 0.3 is 12.0 Å². The molecule has 1 heterocycles. The molecule has 2 saturated carbocycles. The smallest absolute Gasteiger partial charge is 0.371 e.